The summed E-state index contributed by atoms with van der Waals surface area (Å²) in [6, 6.07) is 0.227. The summed E-state index contributed by atoms with van der Waals surface area (Å²) in [5.41, 5.74) is 0.803. The van der Waals surface area contributed by atoms with Crippen molar-refractivity contribution < 1.29 is 14.6 Å². The van der Waals surface area contributed by atoms with Gasteiger partial charge < -0.3 is 14.7 Å². The Hall–Kier alpha value is -1.86. The Kier molecular flexibility index (Phi) is 3.45. The van der Waals surface area contributed by atoms with E-state index in [0.717, 1.165) is 29.1 Å². The van der Waals surface area contributed by atoms with Gasteiger partial charge in [-0.25, -0.2) is 9.78 Å². The Bertz CT molecular complexity index is 661. The van der Waals surface area contributed by atoms with Crippen molar-refractivity contribution in [2.24, 2.45) is 0 Å². The maximum Gasteiger partial charge on any atom is 0.328 e. The van der Waals surface area contributed by atoms with Crippen molar-refractivity contribution in [3.8, 4) is 0 Å². The molecule has 3 heterocycles. The molecule has 0 bridgehead atoms. The molecule has 1 unspecified atom stereocenters. The highest BCUT2D eigenvalue weighted by Crippen LogP contribution is 2.28. The monoisotopic (exact) mass is 293 g/mol. The fourth-order valence-electron chi connectivity index (χ4n) is 2.35. The molecule has 0 spiro atoms. The van der Waals surface area contributed by atoms with Crippen molar-refractivity contribution in [1.82, 2.24) is 9.38 Å². The van der Waals surface area contributed by atoms with Crippen LogP contribution in [0, 0.1) is 0 Å². The number of imidazole rings is 1. The first-order chi connectivity index (χ1) is 9.66. The quantitative estimate of drug-likeness (QED) is 0.873. The van der Waals surface area contributed by atoms with Gasteiger partial charge in [0.15, 0.2) is 10.8 Å². The Labute approximate surface area is 119 Å². The molecule has 0 saturated carbocycles. The maximum atomic E-state index is 10.8. The van der Waals surface area contributed by atoms with Crippen molar-refractivity contribution >= 4 is 34.2 Å². The number of ether oxygens (including phenoxy) is 1. The van der Waals surface area contributed by atoms with Crippen LogP contribution in [-0.2, 0) is 9.53 Å². The number of aliphatic carboxylic acids is 1. The van der Waals surface area contributed by atoms with Gasteiger partial charge in [-0.1, -0.05) is 0 Å². The molecule has 3 rings (SSSR count). The molecule has 20 heavy (non-hydrogen) atoms. The van der Waals surface area contributed by atoms with Crippen molar-refractivity contribution in [3.63, 3.8) is 0 Å². The Morgan fingerprint density at radius 1 is 1.65 bits per heavy atom. The van der Waals surface area contributed by atoms with Crippen LogP contribution in [0.1, 0.15) is 12.6 Å². The molecule has 2 aromatic heterocycles. The average molecular weight is 293 g/mol. The third-order valence-electron chi connectivity index (χ3n) is 3.30. The van der Waals surface area contributed by atoms with Gasteiger partial charge in [0, 0.05) is 24.2 Å². The minimum absolute atomic E-state index is 0.227. The van der Waals surface area contributed by atoms with E-state index >= 15 is 0 Å². The van der Waals surface area contributed by atoms with E-state index in [1.165, 1.54) is 11.3 Å². The topological polar surface area (TPSA) is 67.1 Å². The number of fused-ring (bicyclic) bond motifs is 1. The SMILES string of the molecule is CC1COCCN1c1nc2sccn2c1/C=C/C(=O)O. The second-order valence-electron chi connectivity index (χ2n) is 4.67. The first-order valence-corrected chi connectivity index (χ1v) is 7.25. The predicted molar refractivity (Wildman–Crippen MR) is 77.4 cm³/mol. The lowest BCUT2D eigenvalue weighted by Gasteiger charge is -2.33. The molecule has 1 aliphatic rings. The first-order valence-electron chi connectivity index (χ1n) is 6.38. The Morgan fingerprint density at radius 3 is 3.25 bits per heavy atom. The highest BCUT2D eigenvalue weighted by atomic mass is 32.1. The van der Waals surface area contributed by atoms with E-state index in [4.69, 9.17) is 9.84 Å². The number of nitrogens with zero attached hydrogens (tertiary/aromatic N) is 3. The number of rotatable bonds is 3. The maximum absolute atomic E-state index is 10.8. The van der Waals surface area contributed by atoms with Crippen LogP contribution in [0.15, 0.2) is 17.7 Å². The highest BCUT2D eigenvalue weighted by molar-refractivity contribution is 7.15. The summed E-state index contributed by atoms with van der Waals surface area (Å²) >= 11 is 1.53. The van der Waals surface area contributed by atoms with Gasteiger partial charge in [-0.3, -0.25) is 4.40 Å². The summed E-state index contributed by atoms with van der Waals surface area (Å²) in [6.07, 6.45) is 4.66. The summed E-state index contributed by atoms with van der Waals surface area (Å²) in [5.74, 6) is -0.138. The standard InChI is InChI=1S/C13H15N3O3S/c1-9-8-19-6-4-15(9)12-10(2-3-11(17)18)16-5-7-20-13(16)14-12/h2-3,5,7,9H,4,6,8H2,1H3,(H,17,18)/b3-2+. The number of aromatic nitrogens is 2. The van der Waals surface area contributed by atoms with Crippen molar-refractivity contribution in [2.75, 3.05) is 24.7 Å². The van der Waals surface area contributed by atoms with Crippen LogP contribution in [0.25, 0.3) is 11.0 Å². The van der Waals surface area contributed by atoms with E-state index in [2.05, 4.69) is 16.8 Å². The fourth-order valence-corrected chi connectivity index (χ4v) is 3.07. The molecule has 0 aromatic carbocycles. The second kappa shape index (κ2) is 5.26. The summed E-state index contributed by atoms with van der Waals surface area (Å²) in [5, 5.41) is 10.8. The van der Waals surface area contributed by atoms with Gasteiger partial charge in [0.05, 0.1) is 24.9 Å². The molecule has 7 heteroatoms. The van der Waals surface area contributed by atoms with Gasteiger partial charge in [0.25, 0.3) is 0 Å². The van der Waals surface area contributed by atoms with E-state index < -0.39 is 5.97 Å². The average Bonchev–Trinajstić information content (AvgIpc) is 2.97. The van der Waals surface area contributed by atoms with Crippen LogP contribution in [0.5, 0.6) is 0 Å². The molecular formula is C13H15N3O3S. The number of hydrogen-bond donors (Lipinski definition) is 1. The summed E-state index contributed by atoms with van der Waals surface area (Å²) in [4.78, 5) is 18.4. The Balaban J connectivity index is 2.06. The predicted octanol–water partition coefficient (Wildman–Crippen LogP) is 1.72. The number of morpholine rings is 1. The molecule has 0 amide bonds. The van der Waals surface area contributed by atoms with Crippen LogP contribution in [0.4, 0.5) is 5.82 Å². The molecule has 0 aliphatic carbocycles. The lowest BCUT2D eigenvalue weighted by Crippen LogP contribution is -2.44. The molecular weight excluding hydrogens is 278 g/mol. The summed E-state index contributed by atoms with van der Waals surface area (Å²) < 4.78 is 7.36. The molecule has 6 nitrogen and oxygen atoms in total. The van der Waals surface area contributed by atoms with E-state index in [0.29, 0.717) is 13.2 Å². The zero-order valence-electron chi connectivity index (χ0n) is 11.0. The van der Waals surface area contributed by atoms with Crippen LogP contribution < -0.4 is 4.90 Å². The lowest BCUT2D eigenvalue weighted by atomic mass is 10.2. The molecule has 0 radical (unpaired) electrons. The van der Waals surface area contributed by atoms with Crippen molar-refractivity contribution in [2.45, 2.75) is 13.0 Å². The Morgan fingerprint density at radius 2 is 2.50 bits per heavy atom. The van der Waals surface area contributed by atoms with E-state index in [1.54, 1.807) is 6.08 Å². The normalized spacial score (nSPS) is 20.1. The van der Waals surface area contributed by atoms with E-state index in [9.17, 15) is 4.79 Å². The zero-order chi connectivity index (χ0) is 14.1. The molecule has 1 aliphatic heterocycles. The minimum atomic E-state index is -0.962. The van der Waals surface area contributed by atoms with Crippen LogP contribution in [0.2, 0.25) is 0 Å². The number of hydrogen-bond acceptors (Lipinski definition) is 5. The number of anilines is 1. The number of thiazole rings is 1. The molecule has 106 valence electrons. The van der Waals surface area contributed by atoms with Crippen molar-refractivity contribution in [1.29, 1.82) is 0 Å². The highest BCUT2D eigenvalue weighted by Gasteiger charge is 2.24. The number of carboxylic acids is 1. The third kappa shape index (κ3) is 2.30. The molecule has 2 aromatic rings. The zero-order valence-corrected chi connectivity index (χ0v) is 11.8. The van der Waals surface area contributed by atoms with Crippen LogP contribution in [-0.4, -0.2) is 46.3 Å². The van der Waals surface area contributed by atoms with Crippen molar-refractivity contribution in [3.05, 3.63) is 23.3 Å². The third-order valence-corrected chi connectivity index (χ3v) is 4.06. The second-order valence-corrected chi connectivity index (χ2v) is 5.54. The summed E-state index contributed by atoms with van der Waals surface area (Å²) in [6.45, 7) is 4.17. The number of carboxylic acid groups (broad SMARTS) is 1. The molecule has 1 fully saturated rings. The van der Waals surface area contributed by atoms with Crippen LogP contribution in [0.3, 0.4) is 0 Å². The smallest absolute Gasteiger partial charge is 0.328 e. The number of carbonyl (C=O) groups is 1. The van der Waals surface area contributed by atoms with Gasteiger partial charge in [-0.2, -0.15) is 0 Å². The fraction of sp³-hybridized carbons (Fsp3) is 0.385. The van der Waals surface area contributed by atoms with Gasteiger partial charge in [0.1, 0.15) is 0 Å². The van der Waals surface area contributed by atoms with Gasteiger partial charge in [-0.05, 0) is 13.0 Å². The van der Waals surface area contributed by atoms with Gasteiger partial charge in [-0.15, -0.1) is 11.3 Å². The lowest BCUT2D eigenvalue weighted by molar-refractivity contribution is -0.131. The molecule has 1 atom stereocenters. The summed E-state index contributed by atoms with van der Waals surface area (Å²) in [7, 11) is 0. The largest absolute Gasteiger partial charge is 0.478 e. The van der Waals surface area contributed by atoms with Gasteiger partial charge >= 0.3 is 5.97 Å². The van der Waals surface area contributed by atoms with Crippen LogP contribution >= 0.6 is 11.3 Å². The minimum Gasteiger partial charge on any atom is -0.478 e. The van der Waals surface area contributed by atoms with E-state index in [1.807, 2.05) is 16.0 Å². The molecule has 1 N–H and O–H groups in total. The van der Waals surface area contributed by atoms with E-state index in [-0.39, 0.29) is 6.04 Å². The first kappa shape index (κ1) is 13.1. The van der Waals surface area contributed by atoms with Gasteiger partial charge in [0.2, 0.25) is 0 Å². The molecule has 1 saturated heterocycles.